The van der Waals surface area contributed by atoms with Crippen molar-refractivity contribution >= 4 is 11.9 Å². The summed E-state index contributed by atoms with van der Waals surface area (Å²) in [6, 6.07) is 0. The van der Waals surface area contributed by atoms with E-state index in [0.29, 0.717) is 0 Å². The van der Waals surface area contributed by atoms with Gasteiger partial charge in [0.15, 0.2) is 0 Å². The Morgan fingerprint density at radius 2 is 2.14 bits per heavy atom. The van der Waals surface area contributed by atoms with Crippen molar-refractivity contribution in [1.29, 1.82) is 0 Å². The average molecular weight is 204 g/mol. The molecule has 0 aromatic rings. The first-order valence-corrected chi connectivity index (χ1v) is 4.17. The molecule has 0 aromatic carbocycles. The van der Waals surface area contributed by atoms with Crippen molar-refractivity contribution < 1.29 is 23.5 Å². The molecule has 0 aliphatic carbocycles. The minimum atomic E-state index is -1.73. The Balaban J connectivity index is 3.83. The molecule has 14 heavy (non-hydrogen) atoms. The molecule has 80 valence electrons. The molecule has 0 heterocycles. The van der Waals surface area contributed by atoms with E-state index in [1.165, 1.54) is 13.2 Å². The zero-order chi connectivity index (χ0) is 11.0. The monoisotopic (exact) mass is 204 g/mol. The van der Waals surface area contributed by atoms with E-state index in [-0.39, 0.29) is 13.0 Å². The third kappa shape index (κ3) is 5.29. The quantitative estimate of drug-likeness (QED) is 0.495. The van der Waals surface area contributed by atoms with Gasteiger partial charge in [-0.2, -0.15) is 0 Å². The van der Waals surface area contributed by atoms with Crippen molar-refractivity contribution in [3.63, 3.8) is 0 Å². The zero-order valence-electron chi connectivity index (χ0n) is 8.16. The molecule has 1 unspecified atom stereocenters. The smallest absolute Gasteiger partial charge is 0.341 e. The second-order valence-electron chi connectivity index (χ2n) is 2.38. The first-order valence-electron chi connectivity index (χ1n) is 4.17. The van der Waals surface area contributed by atoms with E-state index in [0.717, 1.165) is 6.08 Å². The van der Waals surface area contributed by atoms with Gasteiger partial charge in [0.25, 0.3) is 0 Å². The number of allylic oxidation sites excluding steroid dienone is 1. The highest BCUT2D eigenvalue weighted by Gasteiger charge is 2.16. The summed E-state index contributed by atoms with van der Waals surface area (Å²) in [4.78, 5) is 21.3. The van der Waals surface area contributed by atoms with Gasteiger partial charge in [-0.1, -0.05) is 6.08 Å². The Hall–Kier alpha value is -1.39. The van der Waals surface area contributed by atoms with Crippen LogP contribution in [-0.2, 0) is 19.1 Å². The van der Waals surface area contributed by atoms with Crippen LogP contribution in [0.5, 0.6) is 0 Å². The maximum Gasteiger partial charge on any atom is 0.341 e. The van der Waals surface area contributed by atoms with Gasteiger partial charge in [-0.05, 0) is 6.92 Å². The molecule has 0 spiro atoms. The number of ether oxygens (including phenoxy) is 2. The minimum absolute atomic E-state index is 0.139. The number of carbonyl (C=O) groups is 2. The standard InChI is InChI=1S/C9H13FO4/c1-3-14-9(12)7(10)5-4-6-8(11)13-2/h4,6-7H,3,5H2,1-2H3/b6-4+. The summed E-state index contributed by atoms with van der Waals surface area (Å²) in [7, 11) is 1.21. The summed E-state index contributed by atoms with van der Waals surface area (Å²) >= 11 is 0. The van der Waals surface area contributed by atoms with Crippen LogP contribution in [-0.4, -0.2) is 31.8 Å². The summed E-state index contributed by atoms with van der Waals surface area (Å²) < 4.78 is 21.6. The van der Waals surface area contributed by atoms with E-state index in [4.69, 9.17) is 0 Å². The van der Waals surface area contributed by atoms with Gasteiger partial charge >= 0.3 is 11.9 Å². The lowest BCUT2D eigenvalue weighted by atomic mass is 10.2. The molecule has 0 N–H and O–H groups in total. The average Bonchev–Trinajstić information content (AvgIpc) is 2.17. The molecule has 0 radical (unpaired) electrons. The number of alkyl halides is 1. The number of hydrogen-bond acceptors (Lipinski definition) is 4. The van der Waals surface area contributed by atoms with E-state index >= 15 is 0 Å². The van der Waals surface area contributed by atoms with Crippen LogP contribution in [0, 0.1) is 0 Å². The molecule has 0 rings (SSSR count). The highest BCUT2D eigenvalue weighted by molar-refractivity contribution is 5.82. The number of carbonyl (C=O) groups excluding carboxylic acids is 2. The topological polar surface area (TPSA) is 52.6 Å². The van der Waals surface area contributed by atoms with Crippen LogP contribution in [0.15, 0.2) is 12.2 Å². The van der Waals surface area contributed by atoms with E-state index in [9.17, 15) is 14.0 Å². The highest BCUT2D eigenvalue weighted by atomic mass is 19.1. The molecule has 0 aromatic heterocycles. The number of esters is 2. The first-order chi connectivity index (χ1) is 6.61. The van der Waals surface area contributed by atoms with Gasteiger partial charge in [-0.3, -0.25) is 0 Å². The lowest BCUT2D eigenvalue weighted by Gasteiger charge is -2.03. The van der Waals surface area contributed by atoms with E-state index in [1.54, 1.807) is 6.92 Å². The Bertz CT molecular complexity index is 225. The summed E-state index contributed by atoms with van der Waals surface area (Å²) in [5.74, 6) is -1.50. The number of methoxy groups -OCH3 is 1. The maximum atomic E-state index is 12.9. The van der Waals surface area contributed by atoms with Gasteiger partial charge in [0.05, 0.1) is 13.7 Å². The fourth-order valence-corrected chi connectivity index (χ4v) is 0.681. The number of halogens is 1. The van der Waals surface area contributed by atoms with Crippen molar-refractivity contribution in [2.45, 2.75) is 19.5 Å². The van der Waals surface area contributed by atoms with Crippen LogP contribution >= 0.6 is 0 Å². The Morgan fingerprint density at radius 1 is 1.50 bits per heavy atom. The van der Waals surface area contributed by atoms with Crippen molar-refractivity contribution in [3.8, 4) is 0 Å². The fourth-order valence-electron chi connectivity index (χ4n) is 0.681. The summed E-state index contributed by atoms with van der Waals surface area (Å²) in [6.45, 7) is 1.73. The first kappa shape index (κ1) is 12.6. The Morgan fingerprint density at radius 3 is 2.64 bits per heavy atom. The lowest BCUT2D eigenvalue weighted by molar-refractivity contribution is -0.149. The largest absolute Gasteiger partial charge is 0.466 e. The van der Waals surface area contributed by atoms with Gasteiger partial charge in [0.2, 0.25) is 6.17 Å². The fraction of sp³-hybridized carbons (Fsp3) is 0.556. The normalized spacial score (nSPS) is 12.5. The van der Waals surface area contributed by atoms with E-state index in [1.807, 2.05) is 0 Å². The van der Waals surface area contributed by atoms with Gasteiger partial charge in [-0.25, -0.2) is 14.0 Å². The molecule has 0 bridgehead atoms. The van der Waals surface area contributed by atoms with Crippen molar-refractivity contribution in [2.24, 2.45) is 0 Å². The van der Waals surface area contributed by atoms with Crippen LogP contribution in [0.2, 0.25) is 0 Å². The SMILES string of the molecule is CCOC(=O)C(F)C/C=C/C(=O)OC. The second-order valence-corrected chi connectivity index (χ2v) is 2.38. The van der Waals surface area contributed by atoms with Crippen molar-refractivity contribution in [1.82, 2.24) is 0 Å². The van der Waals surface area contributed by atoms with E-state index < -0.39 is 18.1 Å². The van der Waals surface area contributed by atoms with E-state index in [2.05, 4.69) is 9.47 Å². The zero-order valence-corrected chi connectivity index (χ0v) is 8.16. The second kappa shape index (κ2) is 7.06. The van der Waals surface area contributed by atoms with Crippen LogP contribution in [0.1, 0.15) is 13.3 Å². The third-order valence-corrected chi connectivity index (χ3v) is 1.34. The Kier molecular flexibility index (Phi) is 6.36. The molecule has 0 saturated carbocycles. The molecule has 0 saturated heterocycles. The molecule has 0 aliphatic rings. The predicted molar refractivity (Wildman–Crippen MR) is 47.3 cm³/mol. The van der Waals surface area contributed by atoms with Gasteiger partial charge in [-0.15, -0.1) is 0 Å². The number of rotatable bonds is 5. The molecule has 0 fully saturated rings. The van der Waals surface area contributed by atoms with Crippen molar-refractivity contribution in [2.75, 3.05) is 13.7 Å². The van der Waals surface area contributed by atoms with Gasteiger partial charge < -0.3 is 9.47 Å². The third-order valence-electron chi connectivity index (χ3n) is 1.34. The van der Waals surface area contributed by atoms with Crippen LogP contribution in [0.25, 0.3) is 0 Å². The van der Waals surface area contributed by atoms with Crippen molar-refractivity contribution in [3.05, 3.63) is 12.2 Å². The van der Waals surface area contributed by atoms with Crippen LogP contribution in [0.3, 0.4) is 0 Å². The van der Waals surface area contributed by atoms with Gasteiger partial charge in [0.1, 0.15) is 0 Å². The maximum absolute atomic E-state index is 12.9. The highest BCUT2D eigenvalue weighted by Crippen LogP contribution is 2.02. The molecular formula is C9H13FO4. The molecule has 0 aliphatic heterocycles. The molecule has 4 nitrogen and oxygen atoms in total. The molecule has 1 atom stereocenters. The van der Waals surface area contributed by atoms with Crippen LogP contribution < -0.4 is 0 Å². The summed E-state index contributed by atoms with van der Waals surface area (Å²) in [6.07, 6.45) is 0.378. The summed E-state index contributed by atoms with van der Waals surface area (Å²) in [5, 5.41) is 0. The summed E-state index contributed by atoms with van der Waals surface area (Å²) in [5.41, 5.74) is 0. The Labute approximate surface area is 81.7 Å². The lowest BCUT2D eigenvalue weighted by Crippen LogP contribution is -2.18. The molecule has 0 amide bonds. The predicted octanol–water partition coefficient (Wildman–Crippen LogP) is 1.01. The molecular weight excluding hydrogens is 191 g/mol. The number of hydrogen-bond donors (Lipinski definition) is 0. The van der Waals surface area contributed by atoms with Gasteiger partial charge in [0, 0.05) is 12.5 Å². The van der Waals surface area contributed by atoms with Crippen LogP contribution in [0.4, 0.5) is 4.39 Å². The minimum Gasteiger partial charge on any atom is -0.466 e. The molecule has 5 heteroatoms.